The van der Waals surface area contributed by atoms with Gasteiger partial charge in [0.25, 0.3) is 0 Å². The van der Waals surface area contributed by atoms with Crippen molar-refractivity contribution in [1.82, 2.24) is 4.98 Å². The summed E-state index contributed by atoms with van der Waals surface area (Å²) in [6, 6.07) is 9.82. The van der Waals surface area contributed by atoms with Crippen LogP contribution in [0, 0.1) is 18.3 Å². The maximum atomic E-state index is 12.4. The first-order valence-corrected chi connectivity index (χ1v) is 7.04. The molecular formula is C15H11F3N2S. The van der Waals surface area contributed by atoms with Crippen molar-refractivity contribution in [3.05, 3.63) is 58.8 Å². The monoisotopic (exact) mass is 308 g/mol. The molecule has 0 amide bonds. The predicted octanol–water partition coefficient (Wildman–Crippen LogP) is 4.57. The Morgan fingerprint density at radius 1 is 1.24 bits per heavy atom. The fraction of sp³-hybridized carbons (Fsp3) is 0.200. The van der Waals surface area contributed by atoms with Crippen molar-refractivity contribution in [3.63, 3.8) is 0 Å². The van der Waals surface area contributed by atoms with E-state index in [-0.39, 0.29) is 0 Å². The van der Waals surface area contributed by atoms with Crippen LogP contribution < -0.4 is 0 Å². The quantitative estimate of drug-likeness (QED) is 0.779. The summed E-state index contributed by atoms with van der Waals surface area (Å²) < 4.78 is 37.3. The van der Waals surface area contributed by atoms with Crippen LogP contribution in [0.4, 0.5) is 13.2 Å². The molecule has 0 aliphatic rings. The maximum absolute atomic E-state index is 12.4. The molecule has 0 aliphatic heterocycles. The average Bonchev–Trinajstić information content (AvgIpc) is 2.45. The van der Waals surface area contributed by atoms with Gasteiger partial charge in [-0.05, 0) is 42.3 Å². The van der Waals surface area contributed by atoms with Crippen LogP contribution in [-0.2, 0) is 11.9 Å². The molecule has 0 aliphatic carbocycles. The summed E-state index contributed by atoms with van der Waals surface area (Å²) >= 11 is 1.36. The van der Waals surface area contributed by atoms with Gasteiger partial charge in [0.2, 0.25) is 0 Å². The third-order valence-electron chi connectivity index (χ3n) is 2.91. The Morgan fingerprint density at radius 2 is 2.00 bits per heavy atom. The molecule has 1 heterocycles. The van der Waals surface area contributed by atoms with Crippen LogP contribution in [0.1, 0.15) is 22.3 Å². The topological polar surface area (TPSA) is 36.7 Å². The lowest BCUT2D eigenvalue weighted by molar-refractivity contribution is -0.137. The number of thioether (sulfide) groups is 1. The number of rotatable bonds is 3. The number of hydrogen-bond acceptors (Lipinski definition) is 3. The van der Waals surface area contributed by atoms with Crippen LogP contribution >= 0.6 is 11.8 Å². The van der Waals surface area contributed by atoms with Crippen molar-refractivity contribution in [3.8, 4) is 6.07 Å². The third-order valence-corrected chi connectivity index (χ3v) is 3.90. The zero-order valence-electron chi connectivity index (χ0n) is 11.1. The lowest BCUT2D eigenvalue weighted by Crippen LogP contribution is -2.05. The highest BCUT2D eigenvalue weighted by molar-refractivity contribution is 7.98. The van der Waals surface area contributed by atoms with Crippen molar-refractivity contribution < 1.29 is 13.2 Å². The molecule has 6 heteroatoms. The summed E-state index contributed by atoms with van der Waals surface area (Å²) in [7, 11) is 0. The van der Waals surface area contributed by atoms with E-state index in [1.165, 1.54) is 17.8 Å². The molecule has 0 N–H and O–H groups in total. The highest BCUT2D eigenvalue weighted by atomic mass is 32.2. The van der Waals surface area contributed by atoms with Crippen LogP contribution in [0.2, 0.25) is 0 Å². The second-order valence-corrected chi connectivity index (χ2v) is 5.42. The minimum Gasteiger partial charge on any atom is -0.249 e. The summed E-state index contributed by atoms with van der Waals surface area (Å²) in [5, 5.41) is 9.33. The van der Waals surface area contributed by atoms with E-state index in [1.807, 2.05) is 13.0 Å². The largest absolute Gasteiger partial charge is 0.417 e. The first-order chi connectivity index (χ1) is 9.90. The van der Waals surface area contributed by atoms with Gasteiger partial charge in [-0.2, -0.15) is 18.4 Å². The minimum atomic E-state index is -4.36. The highest BCUT2D eigenvalue weighted by Crippen LogP contribution is 2.30. The van der Waals surface area contributed by atoms with E-state index in [9.17, 15) is 13.2 Å². The standard InChI is InChI=1S/C15H11F3N2S/c1-10-6-11(7-19)2-3-12(10)9-21-14-5-4-13(8-20-14)15(16,17)18/h2-6,8H,9H2,1H3. The Kier molecular flexibility index (Phi) is 4.53. The van der Waals surface area contributed by atoms with Gasteiger partial charge >= 0.3 is 6.18 Å². The molecule has 108 valence electrons. The van der Waals surface area contributed by atoms with E-state index in [2.05, 4.69) is 11.1 Å². The molecule has 0 radical (unpaired) electrons. The molecule has 2 rings (SSSR count). The molecule has 0 spiro atoms. The Bertz CT molecular complexity index is 673. The molecule has 0 fully saturated rings. The summed E-state index contributed by atoms with van der Waals surface area (Å²) in [6.45, 7) is 1.90. The Labute approximate surface area is 124 Å². The van der Waals surface area contributed by atoms with Crippen molar-refractivity contribution in [1.29, 1.82) is 5.26 Å². The van der Waals surface area contributed by atoms with Gasteiger partial charge in [-0.15, -0.1) is 11.8 Å². The van der Waals surface area contributed by atoms with E-state index >= 15 is 0 Å². The fourth-order valence-electron chi connectivity index (χ4n) is 1.71. The molecular weight excluding hydrogens is 297 g/mol. The molecule has 1 aromatic heterocycles. The predicted molar refractivity (Wildman–Crippen MR) is 74.7 cm³/mol. The first kappa shape index (κ1) is 15.4. The van der Waals surface area contributed by atoms with Crippen molar-refractivity contribution in [2.24, 2.45) is 0 Å². The fourth-order valence-corrected chi connectivity index (χ4v) is 2.63. The van der Waals surface area contributed by atoms with Crippen LogP contribution in [-0.4, -0.2) is 4.98 Å². The first-order valence-electron chi connectivity index (χ1n) is 6.06. The number of hydrogen-bond donors (Lipinski definition) is 0. The zero-order valence-corrected chi connectivity index (χ0v) is 11.9. The van der Waals surface area contributed by atoms with Crippen LogP contribution in [0.3, 0.4) is 0 Å². The molecule has 0 saturated heterocycles. The van der Waals surface area contributed by atoms with E-state index in [0.717, 1.165) is 23.4 Å². The van der Waals surface area contributed by atoms with Crippen LogP contribution in [0.25, 0.3) is 0 Å². The second kappa shape index (κ2) is 6.19. The van der Waals surface area contributed by atoms with Gasteiger partial charge in [0.1, 0.15) is 0 Å². The normalized spacial score (nSPS) is 11.2. The number of aryl methyl sites for hydroxylation is 1. The van der Waals surface area contributed by atoms with E-state index in [1.54, 1.807) is 12.1 Å². The molecule has 2 aromatic rings. The number of nitrogens with zero attached hydrogens (tertiary/aromatic N) is 2. The molecule has 0 atom stereocenters. The highest BCUT2D eigenvalue weighted by Gasteiger charge is 2.30. The molecule has 0 unspecified atom stereocenters. The summed E-state index contributed by atoms with van der Waals surface area (Å²) in [4.78, 5) is 3.81. The number of benzene rings is 1. The number of aromatic nitrogens is 1. The molecule has 21 heavy (non-hydrogen) atoms. The lowest BCUT2D eigenvalue weighted by atomic mass is 10.1. The maximum Gasteiger partial charge on any atom is 0.417 e. The lowest BCUT2D eigenvalue weighted by Gasteiger charge is -2.08. The van der Waals surface area contributed by atoms with Crippen molar-refractivity contribution in [2.45, 2.75) is 23.9 Å². The molecule has 0 saturated carbocycles. The van der Waals surface area contributed by atoms with Crippen LogP contribution in [0.5, 0.6) is 0 Å². The number of halogens is 3. The summed E-state index contributed by atoms with van der Waals surface area (Å²) in [6.07, 6.45) is -3.52. The Morgan fingerprint density at radius 3 is 2.52 bits per heavy atom. The van der Waals surface area contributed by atoms with E-state index in [0.29, 0.717) is 16.3 Å². The average molecular weight is 308 g/mol. The molecule has 0 bridgehead atoms. The number of pyridine rings is 1. The Balaban J connectivity index is 2.05. The van der Waals surface area contributed by atoms with Gasteiger partial charge in [0.05, 0.1) is 22.2 Å². The minimum absolute atomic E-state index is 0.534. The van der Waals surface area contributed by atoms with Gasteiger partial charge < -0.3 is 0 Å². The van der Waals surface area contributed by atoms with E-state index in [4.69, 9.17) is 5.26 Å². The van der Waals surface area contributed by atoms with Gasteiger partial charge in [-0.3, -0.25) is 0 Å². The van der Waals surface area contributed by atoms with Gasteiger partial charge in [-0.1, -0.05) is 6.07 Å². The smallest absolute Gasteiger partial charge is 0.249 e. The van der Waals surface area contributed by atoms with Gasteiger partial charge in [-0.25, -0.2) is 4.98 Å². The van der Waals surface area contributed by atoms with Crippen molar-refractivity contribution >= 4 is 11.8 Å². The SMILES string of the molecule is Cc1cc(C#N)ccc1CSc1ccc(C(F)(F)F)cn1. The Hall–Kier alpha value is -2.00. The number of nitriles is 1. The molecule has 1 aromatic carbocycles. The summed E-state index contributed by atoms with van der Waals surface area (Å²) in [5.74, 6) is 0.593. The summed E-state index contributed by atoms with van der Waals surface area (Å²) in [5.41, 5.74) is 1.85. The second-order valence-electron chi connectivity index (χ2n) is 4.42. The van der Waals surface area contributed by atoms with Gasteiger partial charge in [0.15, 0.2) is 0 Å². The van der Waals surface area contributed by atoms with Gasteiger partial charge in [0, 0.05) is 11.9 Å². The molecule has 2 nitrogen and oxygen atoms in total. The van der Waals surface area contributed by atoms with Crippen LogP contribution in [0.15, 0.2) is 41.6 Å². The van der Waals surface area contributed by atoms with Crippen molar-refractivity contribution in [2.75, 3.05) is 0 Å². The zero-order chi connectivity index (χ0) is 15.5. The number of alkyl halides is 3. The van der Waals surface area contributed by atoms with E-state index < -0.39 is 11.7 Å². The third kappa shape index (κ3) is 3.99.